The van der Waals surface area contributed by atoms with Crippen molar-refractivity contribution in [2.24, 2.45) is 0 Å². The van der Waals surface area contributed by atoms with Crippen molar-refractivity contribution >= 4 is 52.8 Å². The number of nitrogens with zero attached hydrogens (tertiary/aromatic N) is 1. The maximum atomic E-state index is 13.3. The Morgan fingerprint density at radius 1 is 1.05 bits per heavy atom. The number of ether oxygens (including phenoxy) is 2. The first-order valence-electron chi connectivity index (χ1n) is 11.1. The Hall–Kier alpha value is -4.63. The highest BCUT2D eigenvalue weighted by molar-refractivity contribution is 6.39. The Morgan fingerprint density at radius 3 is 2.51 bits per heavy atom. The number of hydrogen-bond donors (Lipinski definition) is 2. The lowest BCUT2D eigenvalue weighted by atomic mass is 10.1. The molecular weight excluding hydrogens is 498 g/mol. The third-order valence-corrected chi connectivity index (χ3v) is 5.70. The van der Waals surface area contributed by atoms with E-state index in [0.29, 0.717) is 27.6 Å². The highest BCUT2D eigenvalue weighted by Gasteiger charge is 2.37. The third-order valence-electron chi connectivity index (χ3n) is 5.47. The van der Waals surface area contributed by atoms with Gasteiger partial charge in [0, 0.05) is 16.3 Å². The van der Waals surface area contributed by atoms with Gasteiger partial charge in [-0.15, -0.1) is 0 Å². The number of methoxy groups -OCH3 is 1. The van der Waals surface area contributed by atoms with Gasteiger partial charge in [0.25, 0.3) is 17.7 Å². The largest absolute Gasteiger partial charge is 0.497 e. The van der Waals surface area contributed by atoms with E-state index in [1.807, 2.05) is 0 Å². The normalized spacial score (nSPS) is 14.4. The Kier molecular flexibility index (Phi) is 7.55. The molecule has 1 saturated heterocycles. The Labute approximate surface area is 217 Å². The molecule has 0 bridgehead atoms. The second kappa shape index (κ2) is 11.0. The van der Waals surface area contributed by atoms with E-state index >= 15 is 0 Å². The van der Waals surface area contributed by atoms with Gasteiger partial charge in [0.1, 0.15) is 17.1 Å². The third kappa shape index (κ3) is 5.79. The van der Waals surface area contributed by atoms with Crippen molar-refractivity contribution in [3.05, 3.63) is 88.5 Å². The molecule has 37 heavy (non-hydrogen) atoms. The van der Waals surface area contributed by atoms with E-state index in [9.17, 15) is 19.2 Å². The molecule has 2 N–H and O–H groups in total. The highest BCUT2D eigenvalue weighted by atomic mass is 35.5. The molecule has 3 aromatic carbocycles. The number of urea groups is 1. The topological polar surface area (TPSA) is 114 Å². The number of nitrogens with one attached hydrogen (secondary N) is 2. The zero-order valence-electron chi connectivity index (χ0n) is 19.9. The predicted molar refractivity (Wildman–Crippen MR) is 139 cm³/mol. The molecule has 9 nitrogen and oxygen atoms in total. The van der Waals surface area contributed by atoms with Gasteiger partial charge in [-0.1, -0.05) is 35.9 Å². The first-order chi connectivity index (χ1) is 17.8. The summed E-state index contributed by atoms with van der Waals surface area (Å²) in [6.45, 7) is 1.39. The number of halogens is 1. The summed E-state index contributed by atoms with van der Waals surface area (Å²) in [6, 6.07) is 17.3. The SMILES string of the molecule is COc1ccc(NC(=O)COc2ccccc2/C=C2\C(=O)NC(=O)N(c3cc(Cl)ccc3C)C2=O)cc1. The van der Waals surface area contributed by atoms with Crippen LogP contribution in [0.3, 0.4) is 0 Å². The van der Waals surface area contributed by atoms with E-state index in [1.54, 1.807) is 74.7 Å². The minimum Gasteiger partial charge on any atom is -0.497 e. The van der Waals surface area contributed by atoms with Crippen LogP contribution in [0.15, 0.2) is 72.3 Å². The lowest BCUT2D eigenvalue weighted by Crippen LogP contribution is -2.54. The first-order valence-corrected chi connectivity index (χ1v) is 11.5. The number of imide groups is 2. The molecule has 0 unspecified atom stereocenters. The number of aryl methyl sites for hydroxylation is 1. The van der Waals surface area contributed by atoms with Crippen LogP contribution in [0.4, 0.5) is 16.2 Å². The maximum absolute atomic E-state index is 13.3. The molecule has 0 saturated carbocycles. The van der Waals surface area contributed by atoms with Crippen LogP contribution >= 0.6 is 11.6 Å². The monoisotopic (exact) mass is 519 g/mol. The average Bonchev–Trinajstić information content (AvgIpc) is 2.88. The van der Waals surface area contributed by atoms with Crippen molar-refractivity contribution in [1.29, 1.82) is 0 Å². The van der Waals surface area contributed by atoms with E-state index in [0.717, 1.165) is 4.90 Å². The molecule has 0 aromatic heterocycles. The molecule has 188 valence electrons. The second-order valence-electron chi connectivity index (χ2n) is 7.99. The van der Waals surface area contributed by atoms with E-state index in [1.165, 1.54) is 12.1 Å². The molecule has 1 aliphatic rings. The molecule has 0 spiro atoms. The summed E-state index contributed by atoms with van der Waals surface area (Å²) in [4.78, 5) is 51.6. The maximum Gasteiger partial charge on any atom is 0.335 e. The molecule has 1 aliphatic heterocycles. The van der Waals surface area contributed by atoms with Gasteiger partial charge in [-0.25, -0.2) is 9.69 Å². The average molecular weight is 520 g/mol. The first kappa shape index (κ1) is 25.5. The Morgan fingerprint density at radius 2 is 1.78 bits per heavy atom. The van der Waals surface area contributed by atoms with Crippen LogP contribution in [0, 0.1) is 6.92 Å². The number of para-hydroxylation sites is 1. The predicted octanol–water partition coefficient (Wildman–Crippen LogP) is 4.34. The van der Waals surface area contributed by atoms with Gasteiger partial charge in [0.15, 0.2) is 6.61 Å². The number of rotatable bonds is 7. The van der Waals surface area contributed by atoms with Gasteiger partial charge in [-0.3, -0.25) is 19.7 Å². The van der Waals surface area contributed by atoms with E-state index in [4.69, 9.17) is 21.1 Å². The van der Waals surface area contributed by atoms with Crippen molar-refractivity contribution in [3.63, 3.8) is 0 Å². The summed E-state index contributed by atoms with van der Waals surface area (Å²) in [7, 11) is 1.55. The van der Waals surface area contributed by atoms with Crippen molar-refractivity contribution in [2.75, 3.05) is 23.9 Å². The van der Waals surface area contributed by atoms with Crippen LogP contribution < -0.4 is 25.0 Å². The summed E-state index contributed by atoms with van der Waals surface area (Å²) in [6.07, 6.45) is 1.31. The molecule has 3 aromatic rings. The molecule has 0 aliphatic carbocycles. The minimum absolute atomic E-state index is 0.258. The zero-order chi connectivity index (χ0) is 26.5. The summed E-state index contributed by atoms with van der Waals surface area (Å²) in [5.74, 6) is -1.15. The summed E-state index contributed by atoms with van der Waals surface area (Å²) in [5.41, 5.74) is 1.53. The number of carbonyl (C=O) groups is 4. The van der Waals surface area contributed by atoms with Crippen molar-refractivity contribution in [3.8, 4) is 11.5 Å². The molecule has 4 rings (SSSR count). The highest BCUT2D eigenvalue weighted by Crippen LogP contribution is 2.29. The number of hydrogen-bond acceptors (Lipinski definition) is 6. The molecule has 1 fully saturated rings. The van der Waals surface area contributed by atoms with Crippen LogP contribution in [-0.4, -0.2) is 37.5 Å². The smallest absolute Gasteiger partial charge is 0.335 e. The molecule has 10 heteroatoms. The van der Waals surface area contributed by atoms with Crippen LogP contribution in [-0.2, 0) is 14.4 Å². The summed E-state index contributed by atoms with van der Waals surface area (Å²) in [5, 5.41) is 5.22. The molecule has 1 heterocycles. The number of anilines is 2. The Bertz CT molecular complexity index is 1420. The Balaban J connectivity index is 1.54. The van der Waals surface area contributed by atoms with Crippen molar-refractivity contribution in [1.82, 2.24) is 5.32 Å². The summed E-state index contributed by atoms with van der Waals surface area (Å²) < 4.78 is 10.8. The molecule has 5 amide bonds. The fourth-order valence-corrected chi connectivity index (χ4v) is 3.77. The quantitative estimate of drug-likeness (QED) is 0.354. The van der Waals surface area contributed by atoms with E-state index in [-0.39, 0.29) is 23.6 Å². The van der Waals surface area contributed by atoms with E-state index in [2.05, 4.69) is 10.6 Å². The minimum atomic E-state index is -0.878. The van der Waals surface area contributed by atoms with Gasteiger partial charge in [0.2, 0.25) is 0 Å². The van der Waals surface area contributed by atoms with Gasteiger partial charge >= 0.3 is 6.03 Å². The number of amides is 5. The van der Waals surface area contributed by atoms with Crippen molar-refractivity contribution in [2.45, 2.75) is 6.92 Å². The van der Waals surface area contributed by atoms with Gasteiger partial charge in [-0.05, 0) is 61.0 Å². The van der Waals surface area contributed by atoms with Crippen LogP contribution in [0.1, 0.15) is 11.1 Å². The second-order valence-corrected chi connectivity index (χ2v) is 8.43. The van der Waals surface area contributed by atoms with E-state index < -0.39 is 23.8 Å². The van der Waals surface area contributed by atoms with Gasteiger partial charge in [-0.2, -0.15) is 0 Å². The molecular formula is C27H22ClN3O6. The van der Waals surface area contributed by atoms with Gasteiger partial charge < -0.3 is 14.8 Å². The van der Waals surface area contributed by atoms with Crippen LogP contribution in [0.2, 0.25) is 5.02 Å². The summed E-state index contributed by atoms with van der Waals surface area (Å²) >= 11 is 6.07. The lowest BCUT2D eigenvalue weighted by molar-refractivity contribution is -0.122. The fourth-order valence-electron chi connectivity index (χ4n) is 3.60. The zero-order valence-corrected chi connectivity index (χ0v) is 20.7. The molecule has 0 radical (unpaired) electrons. The van der Waals surface area contributed by atoms with Crippen LogP contribution in [0.25, 0.3) is 6.08 Å². The van der Waals surface area contributed by atoms with Crippen molar-refractivity contribution < 1.29 is 28.7 Å². The van der Waals surface area contributed by atoms with Crippen LogP contribution in [0.5, 0.6) is 11.5 Å². The number of benzene rings is 3. The molecule has 0 atom stereocenters. The number of carbonyl (C=O) groups excluding carboxylic acids is 4. The lowest BCUT2D eigenvalue weighted by Gasteiger charge is -2.27. The van der Waals surface area contributed by atoms with Gasteiger partial charge in [0.05, 0.1) is 12.8 Å². The number of barbiturate groups is 1. The fraction of sp³-hybridized carbons (Fsp3) is 0.111. The standard InChI is InChI=1S/C27H22ClN3O6/c1-16-7-8-18(28)14-22(16)31-26(34)21(25(33)30-27(31)35)13-17-5-3-4-6-23(17)37-15-24(32)29-19-9-11-20(36-2)12-10-19/h3-14H,15H2,1-2H3,(H,29,32)(H,30,33,35)/b21-13+.